The van der Waals surface area contributed by atoms with Crippen molar-refractivity contribution >= 4 is 16.8 Å². The molecule has 0 amide bonds. The molecular formula is C17H16O3. The second kappa shape index (κ2) is 4.67. The Bertz CT molecular complexity index is 790. The first-order valence-electron chi connectivity index (χ1n) is 6.74. The van der Waals surface area contributed by atoms with Crippen molar-refractivity contribution in [3.63, 3.8) is 0 Å². The Hall–Kier alpha value is -2.29. The van der Waals surface area contributed by atoms with Gasteiger partial charge in [-0.25, -0.2) is 0 Å². The maximum Gasteiger partial charge on any atom is 0.200 e. The van der Waals surface area contributed by atoms with Crippen molar-refractivity contribution in [2.75, 3.05) is 0 Å². The molecule has 0 saturated carbocycles. The third-order valence-corrected chi connectivity index (χ3v) is 3.50. The molecule has 3 rings (SSSR count). The van der Waals surface area contributed by atoms with Crippen LogP contribution >= 0.6 is 0 Å². The smallest absolute Gasteiger partial charge is 0.200 e. The van der Waals surface area contributed by atoms with Crippen LogP contribution in [0.4, 0.5) is 0 Å². The monoisotopic (exact) mass is 268 g/mol. The largest absolute Gasteiger partial charge is 0.466 e. The lowest BCUT2D eigenvalue weighted by Crippen LogP contribution is -2.03. The van der Waals surface area contributed by atoms with E-state index in [9.17, 15) is 4.79 Å². The topological polar surface area (TPSA) is 43.4 Å². The van der Waals surface area contributed by atoms with E-state index in [0.29, 0.717) is 23.3 Å². The second-order valence-corrected chi connectivity index (χ2v) is 4.91. The van der Waals surface area contributed by atoms with Crippen LogP contribution in [0.15, 0.2) is 39.2 Å². The molecule has 0 radical (unpaired) electrons. The predicted octanol–water partition coefficient (Wildman–Crippen LogP) is 4.44. The Kier molecular flexibility index (Phi) is 2.97. The minimum absolute atomic E-state index is 0.0267. The molecule has 0 spiro atoms. The average Bonchev–Trinajstić information content (AvgIpc) is 2.97. The molecule has 102 valence electrons. The van der Waals surface area contributed by atoms with Gasteiger partial charge in [-0.15, -0.1) is 0 Å². The number of para-hydroxylation sites is 1. The van der Waals surface area contributed by atoms with Crippen molar-refractivity contribution in [3.8, 4) is 0 Å². The van der Waals surface area contributed by atoms with Crippen LogP contribution in [-0.2, 0) is 6.42 Å². The van der Waals surface area contributed by atoms with Crippen molar-refractivity contribution < 1.29 is 13.6 Å². The third-order valence-electron chi connectivity index (χ3n) is 3.50. The van der Waals surface area contributed by atoms with E-state index < -0.39 is 0 Å². The van der Waals surface area contributed by atoms with Crippen molar-refractivity contribution in [3.05, 3.63) is 58.7 Å². The first-order chi connectivity index (χ1) is 9.61. The van der Waals surface area contributed by atoms with Gasteiger partial charge in [0, 0.05) is 11.8 Å². The Balaban J connectivity index is 2.23. The highest BCUT2D eigenvalue weighted by atomic mass is 16.3. The van der Waals surface area contributed by atoms with E-state index in [-0.39, 0.29) is 5.78 Å². The van der Waals surface area contributed by atoms with E-state index in [1.807, 2.05) is 45.0 Å². The summed E-state index contributed by atoms with van der Waals surface area (Å²) in [5, 5.41) is 0.868. The average molecular weight is 268 g/mol. The van der Waals surface area contributed by atoms with Crippen LogP contribution in [0.5, 0.6) is 0 Å². The maximum absolute atomic E-state index is 12.8. The first kappa shape index (κ1) is 12.7. The van der Waals surface area contributed by atoms with Gasteiger partial charge in [-0.1, -0.05) is 25.1 Å². The zero-order chi connectivity index (χ0) is 14.3. The summed E-state index contributed by atoms with van der Waals surface area (Å²) in [6, 6.07) is 9.43. The first-order valence-corrected chi connectivity index (χ1v) is 6.74. The highest BCUT2D eigenvalue weighted by Gasteiger charge is 2.23. The van der Waals surface area contributed by atoms with Crippen LogP contribution in [0.3, 0.4) is 0 Å². The number of ketones is 1. The number of fused-ring (bicyclic) bond motifs is 1. The van der Waals surface area contributed by atoms with Crippen LogP contribution < -0.4 is 0 Å². The summed E-state index contributed by atoms with van der Waals surface area (Å²) in [7, 11) is 0. The second-order valence-electron chi connectivity index (χ2n) is 4.91. The molecule has 2 heterocycles. The Morgan fingerprint density at radius 3 is 2.55 bits per heavy atom. The normalized spacial score (nSPS) is 11.2. The van der Waals surface area contributed by atoms with Gasteiger partial charge in [0.05, 0.1) is 11.1 Å². The van der Waals surface area contributed by atoms with E-state index in [0.717, 1.165) is 22.5 Å². The fourth-order valence-corrected chi connectivity index (χ4v) is 2.58. The quantitative estimate of drug-likeness (QED) is 0.660. The zero-order valence-corrected chi connectivity index (χ0v) is 11.8. The van der Waals surface area contributed by atoms with Crippen LogP contribution in [0.25, 0.3) is 11.0 Å². The number of hydrogen-bond donors (Lipinski definition) is 0. The van der Waals surface area contributed by atoms with Crippen LogP contribution in [0, 0.1) is 13.8 Å². The number of carbonyl (C=O) groups excluding carboxylic acids is 1. The van der Waals surface area contributed by atoms with Gasteiger partial charge in [0.1, 0.15) is 22.9 Å². The lowest BCUT2D eigenvalue weighted by atomic mass is 9.99. The van der Waals surface area contributed by atoms with Crippen LogP contribution in [0.2, 0.25) is 0 Å². The molecule has 0 aliphatic carbocycles. The molecule has 0 bridgehead atoms. The van der Waals surface area contributed by atoms with Crippen molar-refractivity contribution in [2.45, 2.75) is 27.2 Å². The molecule has 0 saturated heterocycles. The summed E-state index contributed by atoms with van der Waals surface area (Å²) in [6.07, 6.45) is 0.686. The van der Waals surface area contributed by atoms with Crippen molar-refractivity contribution in [1.29, 1.82) is 0 Å². The molecule has 0 aliphatic heterocycles. The highest BCUT2D eigenvalue weighted by molar-refractivity contribution is 6.17. The van der Waals surface area contributed by atoms with Gasteiger partial charge in [0.25, 0.3) is 0 Å². The molecule has 3 heteroatoms. The van der Waals surface area contributed by atoms with Gasteiger partial charge in [0.15, 0.2) is 0 Å². The summed E-state index contributed by atoms with van der Waals surface area (Å²) in [4.78, 5) is 12.8. The number of carbonyl (C=O) groups is 1. The number of furan rings is 2. The van der Waals surface area contributed by atoms with E-state index >= 15 is 0 Å². The zero-order valence-electron chi connectivity index (χ0n) is 11.8. The van der Waals surface area contributed by atoms with E-state index in [1.54, 1.807) is 6.07 Å². The molecule has 3 nitrogen and oxygen atoms in total. The van der Waals surface area contributed by atoms with Crippen LogP contribution in [-0.4, -0.2) is 5.78 Å². The Labute approximate surface area is 117 Å². The molecule has 0 unspecified atom stereocenters. The van der Waals surface area contributed by atoms with Gasteiger partial charge in [-0.3, -0.25) is 4.79 Å². The lowest BCUT2D eigenvalue weighted by Gasteiger charge is -1.99. The standard InChI is InChI=1S/C17H16O3/c1-4-14-16(12-7-5-6-8-15(12)20-14)17(18)13-9-10(2)19-11(13)3/h5-9H,4H2,1-3H3. The molecule has 0 fully saturated rings. The lowest BCUT2D eigenvalue weighted by molar-refractivity contribution is 0.103. The Morgan fingerprint density at radius 2 is 1.90 bits per heavy atom. The third kappa shape index (κ3) is 1.86. The number of hydrogen-bond acceptors (Lipinski definition) is 3. The SMILES string of the molecule is CCc1oc2ccccc2c1C(=O)c1cc(C)oc1C. The van der Waals surface area contributed by atoms with Crippen molar-refractivity contribution in [2.24, 2.45) is 0 Å². The summed E-state index contributed by atoms with van der Waals surface area (Å²) in [5.41, 5.74) is 2.03. The summed E-state index contributed by atoms with van der Waals surface area (Å²) in [6.45, 7) is 5.65. The fourth-order valence-electron chi connectivity index (χ4n) is 2.58. The van der Waals surface area contributed by atoms with E-state index in [4.69, 9.17) is 8.83 Å². The van der Waals surface area contributed by atoms with Gasteiger partial charge in [0.2, 0.25) is 5.78 Å². The molecule has 0 atom stereocenters. The van der Waals surface area contributed by atoms with Gasteiger partial charge < -0.3 is 8.83 Å². The molecule has 2 aromatic heterocycles. The summed E-state index contributed by atoms with van der Waals surface area (Å²) in [5.74, 6) is 2.10. The maximum atomic E-state index is 12.8. The highest BCUT2D eigenvalue weighted by Crippen LogP contribution is 2.29. The predicted molar refractivity (Wildman–Crippen MR) is 77.2 cm³/mol. The van der Waals surface area contributed by atoms with Crippen LogP contribution in [0.1, 0.15) is 40.1 Å². The number of benzene rings is 1. The van der Waals surface area contributed by atoms with E-state index in [1.165, 1.54) is 0 Å². The van der Waals surface area contributed by atoms with Crippen molar-refractivity contribution in [1.82, 2.24) is 0 Å². The number of aryl methyl sites for hydroxylation is 3. The molecule has 0 aliphatic rings. The molecule has 20 heavy (non-hydrogen) atoms. The molecule has 1 aromatic carbocycles. The van der Waals surface area contributed by atoms with E-state index in [2.05, 4.69) is 0 Å². The minimum atomic E-state index is -0.0267. The summed E-state index contributed by atoms with van der Waals surface area (Å²) >= 11 is 0. The molecular weight excluding hydrogens is 252 g/mol. The summed E-state index contributed by atoms with van der Waals surface area (Å²) < 4.78 is 11.3. The van der Waals surface area contributed by atoms with Gasteiger partial charge in [-0.05, 0) is 26.0 Å². The number of rotatable bonds is 3. The minimum Gasteiger partial charge on any atom is -0.466 e. The Morgan fingerprint density at radius 1 is 1.15 bits per heavy atom. The molecule has 3 aromatic rings. The van der Waals surface area contributed by atoms with Gasteiger partial charge in [-0.2, -0.15) is 0 Å². The molecule has 0 N–H and O–H groups in total. The van der Waals surface area contributed by atoms with Gasteiger partial charge >= 0.3 is 0 Å². The fraction of sp³-hybridized carbons (Fsp3) is 0.235.